The second-order valence-electron chi connectivity index (χ2n) is 5.65. The van der Waals surface area contributed by atoms with E-state index in [-0.39, 0.29) is 17.9 Å². The molecule has 3 nitrogen and oxygen atoms in total. The molecule has 2 rings (SSSR count). The molecule has 0 bridgehead atoms. The van der Waals surface area contributed by atoms with Crippen LogP contribution in [0.5, 0.6) is 0 Å². The van der Waals surface area contributed by atoms with Crippen molar-refractivity contribution in [3.8, 4) is 0 Å². The smallest absolute Gasteiger partial charge is 0.315 e. The minimum Gasteiger partial charge on any atom is -0.338 e. The Hall–Kier alpha value is -1.58. The fraction of sp³-hybridized carbons (Fsp3) is 0.562. The third-order valence-electron chi connectivity index (χ3n) is 4.02. The van der Waals surface area contributed by atoms with Gasteiger partial charge in [0.05, 0.1) is 0 Å². The molecule has 0 saturated heterocycles. The van der Waals surface area contributed by atoms with Gasteiger partial charge in [-0.3, -0.25) is 0 Å². The SMILES string of the molecule is C[C@H]1CCCC[C@@H]1NC(=O)NCCc1cccc(F)c1. The van der Waals surface area contributed by atoms with Gasteiger partial charge in [0.15, 0.2) is 0 Å². The number of carbonyl (C=O) groups is 1. The Morgan fingerprint density at radius 2 is 2.15 bits per heavy atom. The second-order valence-corrected chi connectivity index (χ2v) is 5.65. The summed E-state index contributed by atoms with van der Waals surface area (Å²) in [6, 6.07) is 6.66. The van der Waals surface area contributed by atoms with Gasteiger partial charge in [0.25, 0.3) is 0 Å². The van der Waals surface area contributed by atoms with Crippen LogP contribution in [0.25, 0.3) is 0 Å². The summed E-state index contributed by atoms with van der Waals surface area (Å²) < 4.78 is 13.0. The molecule has 1 aliphatic rings. The van der Waals surface area contributed by atoms with Crippen molar-refractivity contribution in [3.63, 3.8) is 0 Å². The molecule has 0 aliphatic heterocycles. The third kappa shape index (κ3) is 4.51. The van der Waals surface area contributed by atoms with Crippen LogP contribution in [0.3, 0.4) is 0 Å². The molecule has 0 aromatic heterocycles. The lowest BCUT2D eigenvalue weighted by molar-refractivity contribution is 0.222. The molecule has 1 saturated carbocycles. The summed E-state index contributed by atoms with van der Waals surface area (Å²) in [5, 5.41) is 5.89. The first-order valence-electron chi connectivity index (χ1n) is 7.44. The van der Waals surface area contributed by atoms with Crippen molar-refractivity contribution in [1.82, 2.24) is 10.6 Å². The predicted molar refractivity (Wildman–Crippen MR) is 78.1 cm³/mol. The maximum Gasteiger partial charge on any atom is 0.315 e. The number of hydrogen-bond donors (Lipinski definition) is 2. The molecule has 2 amide bonds. The standard InChI is InChI=1S/C16H23FN2O/c1-12-5-2-3-8-15(12)19-16(20)18-10-9-13-6-4-7-14(17)11-13/h4,6-7,11-12,15H,2-3,5,8-10H2,1H3,(H2,18,19,20)/t12-,15-/m0/s1. The zero-order valence-corrected chi connectivity index (χ0v) is 12.0. The minimum atomic E-state index is -0.233. The first-order valence-corrected chi connectivity index (χ1v) is 7.44. The number of nitrogens with one attached hydrogen (secondary N) is 2. The van der Waals surface area contributed by atoms with Crippen molar-refractivity contribution in [1.29, 1.82) is 0 Å². The molecule has 2 atom stereocenters. The number of benzene rings is 1. The van der Waals surface area contributed by atoms with Gasteiger partial charge in [-0.2, -0.15) is 0 Å². The van der Waals surface area contributed by atoms with E-state index in [1.807, 2.05) is 6.07 Å². The zero-order valence-electron chi connectivity index (χ0n) is 12.0. The zero-order chi connectivity index (χ0) is 14.4. The highest BCUT2D eigenvalue weighted by Gasteiger charge is 2.22. The summed E-state index contributed by atoms with van der Waals surface area (Å²) in [5.41, 5.74) is 0.899. The fourth-order valence-corrected chi connectivity index (χ4v) is 2.76. The lowest BCUT2D eigenvalue weighted by atomic mass is 9.86. The Balaban J connectivity index is 1.70. The van der Waals surface area contributed by atoms with Gasteiger partial charge in [0.1, 0.15) is 5.82 Å². The molecule has 4 heteroatoms. The Bertz CT molecular complexity index is 450. The van der Waals surface area contributed by atoms with Crippen molar-refractivity contribution in [2.24, 2.45) is 5.92 Å². The van der Waals surface area contributed by atoms with Crippen molar-refractivity contribution < 1.29 is 9.18 Å². The first kappa shape index (κ1) is 14.8. The molecule has 1 aromatic carbocycles. The van der Waals surface area contributed by atoms with Gasteiger partial charge in [-0.15, -0.1) is 0 Å². The molecular weight excluding hydrogens is 255 g/mol. The van der Waals surface area contributed by atoms with E-state index < -0.39 is 0 Å². The molecule has 1 aromatic rings. The molecular formula is C16H23FN2O. The molecule has 0 radical (unpaired) electrons. The number of amides is 2. The molecule has 0 unspecified atom stereocenters. The van der Waals surface area contributed by atoms with Crippen LogP contribution < -0.4 is 10.6 Å². The van der Waals surface area contributed by atoms with Crippen LogP contribution in [0.2, 0.25) is 0 Å². The van der Waals surface area contributed by atoms with Gasteiger partial charge in [-0.05, 0) is 42.9 Å². The molecule has 2 N–H and O–H groups in total. The summed E-state index contributed by atoms with van der Waals surface area (Å²) in [6.07, 6.45) is 5.36. The van der Waals surface area contributed by atoms with Crippen molar-refractivity contribution in [2.75, 3.05) is 6.54 Å². The van der Waals surface area contributed by atoms with Gasteiger partial charge in [0.2, 0.25) is 0 Å². The lowest BCUT2D eigenvalue weighted by Gasteiger charge is -2.29. The summed E-state index contributed by atoms with van der Waals surface area (Å²) >= 11 is 0. The van der Waals surface area contributed by atoms with Gasteiger partial charge >= 0.3 is 6.03 Å². The van der Waals surface area contributed by atoms with E-state index in [4.69, 9.17) is 0 Å². The summed E-state index contributed by atoms with van der Waals surface area (Å²) in [6.45, 7) is 2.72. The van der Waals surface area contributed by atoms with E-state index >= 15 is 0 Å². The summed E-state index contributed by atoms with van der Waals surface area (Å²) in [5.74, 6) is 0.320. The average Bonchev–Trinajstić information content (AvgIpc) is 2.41. The Labute approximate surface area is 120 Å². The number of carbonyl (C=O) groups excluding carboxylic acids is 1. The normalized spacial score (nSPS) is 22.3. The topological polar surface area (TPSA) is 41.1 Å². The molecule has 0 heterocycles. The monoisotopic (exact) mass is 278 g/mol. The van der Waals surface area contributed by atoms with Crippen molar-refractivity contribution in [2.45, 2.75) is 45.1 Å². The summed E-state index contributed by atoms with van der Waals surface area (Å²) in [4.78, 5) is 11.8. The van der Waals surface area contributed by atoms with Crippen LogP contribution in [-0.4, -0.2) is 18.6 Å². The van der Waals surface area contributed by atoms with E-state index in [1.54, 1.807) is 6.07 Å². The van der Waals surface area contributed by atoms with Gasteiger partial charge in [-0.25, -0.2) is 9.18 Å². The highest BCUT2D eigenvalue weighted by molar-refractivity contribution is 5.74. The van der Waals surface area contributed by atoms with Crippen LogP contribution in [0.15, 0.2) is 24.3 Å². The lowest BCUT2D eigenvalue weighted by Crippen LogP contribution is -2.46. The summed E-state index contributed by atoms with van der Waals surface area (Å²) in [7, 11) is 0. The molecule has 1 aliphatic carbocycles. The average molecular weight is 278 g/mol. The van der Waals surface area contributed by atoms with Crippen LogP contribution in [-0.2, 0) is 6.42 Å². The molecule has 0 spiro atoms. The predicted octanol–water partition coefficient (Wildman–Crippen LogP) is 3.25. The van der Waals surface area contributed by atoms with Gasteiger partial charge in [-0.1, -0.05) is 31.9 Å². The second kappa shape index (κ2) is 7.27. The Morgan fingerprint density at radius 3 is 2.90 bits per heavy atom. The molecule has 110 valence electrons. The fourth-order valence-electron chi connectivity index (χ4n) is 2.76. The number of halogens is 1. The number of hydrogen-bond acceptors (Lipinski definition) is 1. The third-order valence-corrected chi connectivity index (χ3v) is 4.02. The van der Waals surface area contributed by atoms with Crippen LogP contribution >= 0.6 is 0 Å². The van der Waals surface area contributed by atoms with Crippen molar-refractivity contribution in [3.05, 3.63) is 35.6 Å². The maximum atomic E-state index is 13.0. The Kier molecular flexibility index (Phi) is 5.39. The molecule has 20 heavy (non-hydrogen) atoms. The van der Waals surface area contributed by atoms with Gasteiger partial charge in [0, 0.05) is 12.6 Å². The van der Waals surface area contributed by atoms with E-state index in [1.165, 1.54) is 31.4 Å². The van der Waals surface area contributed by atoms with Crippen LogP contribution in [0, 0.1) is 11.7 Å². The number of urea groups is 1. The highest BCUT2D eigenvalue weighted by atomic mass is 19.1. The Morgan fingerprint density at radius 1 is 1.35 bits per heavy atom. The van der Waals surface area contributed by atoms with Crippen LogP contribution in [0.1, 0.15) is 38.2 Å². The van der Waals surface area contributed by atoms with Gasteiger partial charge < -0.3 is 10.6 Å². The number of rotatable bonds is 4. The van der Waals surface area contributed by atoms with E-state index in [0.29, 0.717) is 18.9 Å². The first-order chi connectivity index (χ1) is 9.65. The van der Waals surface area contributed by atoms with Crippen LogP contribution in [0.4, 0.5) is 9.18 Å². The van der Waals surface area contributed by atoms with E-state index in [2.05, 4.69) is 17.6 Å². The molecule has 1 fully saturated rings. The quantitative estimate of drug-likeness (QED) is 0.872. The highest BCUT2D eigenvalue weighted by Crippen LogP contribution is 2.23. The van der Waals surface area contributed by atoms with Crippen molar-refractivity contribution >= 4 is 6.03 Å². The largest absolute Gasteiger partial charge is 0.338 e. The maximum absolute atomic E-state index is 13.0. The minimum absolute atomic E-state index is 0.111. The van der Waals surface area contributed by atoms with E-state index in [0.717, 1.165) is 12.0 Å². The van der Waals surface area contributed by atoms with E-state index in [9.17, 15) is 9.18 Å².